The van der Waals surface area contributed by atoms with Crippen LogP contribution in [-0.2, 0) is 10.2 Å². The number of hydrogen-bond donors (Lipinski definition) is 2. The number of aliphatic hydroxyl groups excluding tert-OH is 1. The highest BCUT2D eigenvalue weighted by Gasteiger charge is 2.29. The minimum Gasteiger partial charge on any atom is -0.391 e. The molecule has 1 rings (SSSR count). The third-order valence-electron chi connectivity index (χ3n) is 3.39. The SMILES string of the molecule is CC(C)N(C)S(=O)(=O)NC1CCCCCC1O. The highest BCUT2D eigenvalue weighted by molar-refractivity contribution is 7.87. The van der Waals surface area contributed by atoms with Gasteiger partial charge in [-0.3, -0.25) is 0 Å². The predicted molar refractivity (Wildman–Crippen MR) is 67.8 cm³/mol. The monoisotopic (exact) mass is 264 g/mol. The van der Waals surface area contributed by atoms with Crippen LogP contribution in [0.1, 0.15) is 46.0 Å². The minimum absolute atomic E-state index is 0.0876. The Kier molecular flexibility index (Phi) is 5.37. The Morgan fingerprint density at radius 1 is 1.24 bits per heavy atom. The van der Waals surface area contributed by atoms with Crippen molar-refractivity contribution in [3.05, 3.63) is 0 Å². The molecule has 0 heterocycles. The zero-order valence-electron chi connectivity index (χ0n) is 10.9. The molecule has 1 saturated carbocycles. The van der Waals surface area contributed by atoms with E-state index in [4.69, 9.17) is 0 Å². The van der Waals surface area contributed by atoms with Crippen molar-refractivity contribution in [2.45, 2.75) is 64.1 Å². The topological polar surface area (TPSA) is 69.6 Å². The van der Waals surface area contributed by atoms with Crippen molar-refractivity contribution in [1.82, 2.24) is 9.03 Å². The zero-order valence-corrected chi connectivity index (χ0v) is 11.7. The second-order valence-corrected chi connectivity index (χ2v) is 6.81. The van der Waals surface area contributed by atoms with Gasteiger partial charge in [-0.2, -0.15) is 17.4 Å². The van der Waals surface area contributed by atoms with Crippen molar-refractivity contribution in [2.75, 3.05) is 7.05 Å². The van der Waals surface area contributed by atoms with E-state index in [9.17, 15) is 13.5 Å². The van der Waals surface area contributed by atoms with Crippen molar-refractivity contribution < 1.29 is 13.5 Å². The molecule has 2 N–H and O–H groups in total. The van der Waals surface area contributed by atoms with Gasteiger partial charge in [0.15, 0.2) is 0 Å². The van der Waals surface area contributed by atoms with E-state index in [2.05, 4.69) is 4.72 Å². The fourth-order valence-electron chi connectivity index (χ4n) is 1.98. The molecular weight excluding hydrogens is 240 g/mol. The van der Waals surface area contributed by atoms with Gasteiger partial charge < -0.3 is 5.11 Å². The maximum atomic E-state index is 12.0. The molecule has 1 aliphatic rings. The lowest BCUT2D eigenvalue weighted by Gasteiger charge is -2.27. The first kappa shape index (κ1) is 14.9. The van der Waals surface area contributed by atoms with Crippen LogP contribution in [0.4, 0.5) is 0 Å². The van der Waals surface area contributed by atoms with E-state index in [0.29, 0.717) is 12.8 Å². The molecule has 5 nitrogen and oxygen atoms in total. The summed E-state index contributed by atoms with van der Waals surface area (Å²) in [5.74, 6) is 0. The lowest BCUT2D eigenvalue weighted by molar-refractivity contribution is 0.129. The molecule has 2 atom stereocenters. The maximum absolute atomic E-state index is 12.0. The first-order chi connectivity index (χ1) is 7.84. The minimum atomic E-state index is -3.48. The molecule has 1 fully saturated rings. The summed E-state index contributed by atoms with van der Waals surface area (Å²) in [5.41, 5.74) is 0. The molecule has 0 saturated heterocycles. The molecule has 0 spiro atoms. The van der Waals surface area contributed by atoms with Crippen LogP contribution in [0, 0.1) is 0 Å². The number of aliphatic hydroxyl groups is 1. The number of rotatable bonds is 4. The maximum Gasteiger partial charge on any atom is 0.279 e. The fourth-order valence-corrected chi connectivity index (χ4v) is 3.36. The molecule has 0 aromatic rings. The molecule has 0 radical (unpaired) electrons. The molecule has 0 aromatic carbocycles. The first-order valence-electron chi connectivity index (χ1n) is 6.28. The molecule has 0 amide bonds. The van der Waals surface area contributed by atoms with Gasteiger partial charge in [-0.1, -0.05) is 19.3 Å². The first-order valence-corrected chi connectivity index (χ1v) is 7.72. The van der Waals surface area contributed by atoms with Crippen molar-refractivity contribution >= 4 is 10.2 Å². The molecular formula is C11H24N2O3S. The molecule has 0 bridgehead atoms. The number of nitrogens with one attached hydrogen (secondary N) is 1. The van der Waals surface area contributed by atoms with Crippen LogP contribution < -0.4 is 4.72 Å². The highest BCUT2D eigenvalue weighted by Crippen LogP contribution is 2.19. The molecule has 0 aromatic heterocycles. The van der Waals surface area contributed by atoms with Gasteiger partial charge in [0.1, 0.15) is 0 Å². The number of hydrogen-bond acceptors (Lipinski definition) is 3. The van der Waals surface area contributed by atoms with E-state index in [0.717, 1.165) is 19.3 Å². The van der Waals surface area contributed by atoms with Gasteiger partial charge in [0.25, 0.3) is 10.2 Å². The Morgan fingerprint density at radius 3 is 2.41 bits per heavy atom. The smallest absolute Gasteiger partial charge is 0.279 e. The predicted octanol–water partition coefficient (Wildman–Crippen LogP) is 0.855. The number of nitrogens with zero attached hydrogens (tertiary/aromatic N) is 1. The molecule has 2 unspecified atom stereocenters. The highest BCUT2D eigenvalue weighted by atomic mass is 32.2. The Bertz CT molecular complexity index is 330. The third-order valence-corrected chi connectivity index (χ3v) is 5.17. The zero-order chi connectivity index (χ0) is 13.1. The van der Waals surface area contributed by atoms with Gasteiger partial charge in [-0.15, -0.1) is 0 Å². The molecule has 6 heteroatoms. The lowest BCUT2D eigenvalue weighted by atomic mass is 10.1. The van der Waals surface area contributed by atoms with Crippen molar-refractivity contribution in [3.8, 4) is 0 Å². The van der Waals surface area contributed by atoms with Gasteiger partial charge in [0.2, 0.25) is 0 Å². The lowest BCUT2D eigenvalue weighted by Crippen LogP contribution is -2.49. The summed E-state index contributed by atoms with van der Waals surface area (Å²) in [4.78, 5) is 0. The van der Waals surface area contributed by atoms with Gasteiger partial charge in [-0.25, -0.2) is 0 Å². The van der Waals surface area contributed by atoms with Gasteiger partial charge in [0.05, 0.1) is 6.10 Å². The Morgan fingerprint density at radius 2 is 1.82 bits per heavy atom. The summed E-state index contributed by atoms with van der Waals surface area (Å²) in [7, 11) is -1.93. The van der Waals surface area contributed by atoms with Crippen LogP contribution in [0.15, 0.2) is 0 Å². The van der Waals surface area contributed by atoms with Crippen LogP contribution in [0.3, 0.4) is 0 Å². The van der Waals surface area contributed by atoms with Gasteiger partial charge in [-0.05, 0) is 26.7 Å². The summed E-state index contributed by atoms with van der Waals surface area (Å²) in [6.45, 7) is 3.64. The Hall–Kier alpha value is -0.170. The van der Waals surface area contributed by atoms with Crippen molar-refractivity contribution in [2.24, 2.45) is 0 Å². The summed E-state index contributed by atoms with van der Waals surface area (Å²) in [6.07, 6.45) is 3.84. The second kappa shape index (κ2) is 6.13. The van der Waals surface area contributed by atoms with E-state index in [1.54, 1.807) is 7.05 Å². The van der Waals surface area contributed by atoms with Crippen molar-refractivity contribution in [3.63, 3.8) is 0 Å². The molecule has 102 valence electrons. The van der Waals surface area contributed by atoms with Crippen molar-refractivity contribution in [1.29, 1.82) is 0 Å². The quantitative estimate of drug-likeness (QED) is 0.740. The van der Waals surface area contributed by atoms with Crippen LogP contribution in [-0.4, -0.2) is 43.1 Å². The average molecular weight is 264 g/mol. The summed E-state index contributed by atoms with van der Waals surface area (Å²) >= 11 is 0. The van der Waals surface area contributed by atoms with E-state index in [1.807, 2.05) is 13.8 Å². The van der Waals surface area contributed by atoms with Crippen LogP contribution in [0.2, 0.25) is 0 Å². The molecule has 17 heavy (non-hydrogen) atoms. The normalized spacial score (nSPS) is 27.4. The summed E-state index contributed by atoms with van der Waals surface area (Å²) in [5, 5.41) is 9.89. The van der Waals surface area contributed by atoms with E-state index in [1.165, 1.54) is 4.31 Å². The largest absolute Gasteiger partial charge is 0.391 e. The van der Waals surface area contributed by atoms with Gasteiger partial charge in [0, 0.05) is 19.1 Å². The fraction of sp³-hybridized carbons (Fsp3) is 1.00. The van der Waals surface area contributed by atoms with Crippen LogP contribution in [0.25, 0.3) is 0 Å². The average Bonchev–Trinajstić information content (AvgIpc) is 2.43. The molecule has 0 aliphatic heterocycles. The van der Waals surface area contributed by atoms with E-state index < -0.39 is 16.3 Å². The Labute approximate surface area is 104 Å². The van der Waals surface area contributed by atoms with Crippen LogP contribution in [0.5, 0.6) is 0 Å². The summed E-state index contributed by atoms with van der Waals surface area (Å²) < 4.78 is 27.9. The van der Waals surface area contributed by atoms with Crippen LogP contribution >= 0.6 is 0 Å². The van der Waals surface area contributed by atoms with E-state index in [-0.39, 0.29) is 12.1 Å². The van der Waals surface area contributed by atoms with Gasteiger partial charge >= 0.3 is 0 Å². The van der Waals surface area contributed by atoms with E-state index >= 15 is 0 Å². The summed E-state index contributed by atoms with van der Waals surface area (Å²) in [6, 6.07) is -0.431. The Balaban J connectivity index is 2.68. The standard InChI is InChI=1S/C11H24N2O3S/c1-9(2)13(3)17(15,16)12-10-7-5-4-6-8-11(10)14/h9-12,14H,4-8H2,1-3H3. The second-order valence-electron chi connectivity index (χ2n) is 5.04. The third kappa shape index (κ3) is 4.21. The molecule has 1 aliphatic carbocycles.